The van der Waals surface area contributed by atoms with Gasteiger partial charge in [0.15, 0.2) is 0 Å². The highest BCUT2D eigenvalue weighted by atomic mass is 35.5. The Morgan fingerprint density at radius 3 is 2.76 bits per heavy atom. The van der Waals surface area contributed by atoms with Gasteiger partial charge in [-0.15, -0.1) is 22.9 Å². The summed E-state index contributed by atoms with van der Waals surface area (Å²) in [4.78, 5) is 7.19. The largest absolute Gasteiger partial charge is 0.323 e. The number of aromatic nitrogens is 2. The fourth-order valence-electron chi connectivity index (χ4n) is 2.46. The van der Waals surface area contributed by atoms with Crippen LogP contribution in [0.25, 0.3) is 11.0 Å². The van der Waals surface area contributed by atoms with Gasteiger partial charge in [-0.05, 0) is 30.7 Å². The van der Waals surface area contributed by atoms with Gasteiger partial charge in [0, 0.05) is 28.1 Å². The van der Waals surface area contributed by atoms with Crippen molar-refractivity contribution in [2.24, 2.45) is 0 Å². The van der Waals surface area contributed by atoms with Gasteiger partial charge in [0.2, 0.25) is 0 Å². The van der Waals surface area contributed by atoms with Crippen molar-refractivity contribution in [1.29, 1.82) is 0 Å². The van der Waals surface area contributed by atoms with Crippen LogP contribution in [-0.2, 0) is 19.4 Å². The first-order valence-corrected chi connectivity index (χ1v) is 8.34. The van der Waals surface area contributed by atoms with E-state index in [2.05, 4.69) is 28.6 Å². The number of nitrogens with zero attached hydrogens (tertiary/aromatic N) is 2. The van der Waals surface area contributed by atoms with E-state index in [1.807, 2.05) is 11.3 Å². The minimum absolute atomic E-state index is 0.256. The molecule has 110 valence electrons. The van der Waals surface area contributed by atoms with E-state index in [9.17, 15) is 4.39 Å². The molecule has 2 heterocycles. The maximum atomic E-state index is 13.4. The van der Waals surface area contributed by atoms with Crippen LogP contribution in [0.1, 0.15) is 22.5 Å². The molecule has 0 bridgehead atoms. The van der Waals surface area contributed by atoms with Crippen LogP contribution in [0.3, 0.4) is 0 Å². The van der Waals surface area contributed by atoms with Crippen molar-refractivity contribution in [1.82, 2.24) is 9.55 Å². The molecule has 0 spiro atoms. The van der Waals surface area contributed by atoms with E-state index in [-0.39, 0.29) is 5.82 Å². The zero-order valence-corrected chi connectivity index (χ0v) is 13.3. The van der Waals surface area contributed by atoms with Gasteiger partial charge in [-0.2, -0.15) is 0 Å². The third kappa shape index (κ3) is 2.97. The van der Waals surface area contributed by atoms with Gasteiger partial charge in [-0.25, -0.2) is 9.37 Å². The first-order valence-electron chi connectivity index (χ1n) is 6.99. The molecule has 0 aliphatic heterocycles. The Bertz CT molecular complexity index is 763. The van der Waals surface area contributed by atoms with Crippen molar-refractivity contribution in [3.05, 3.63) is 51.7 Å². The number of alkyl halides is 1. The predicted octanol–water partition coefficient (Wildman–Crippen LogP) is 4.63. The summed E-state index contributed by atoms with van der Waals surface area (Å²) in [5, 5.41) is 0. The highest BCUT2D eigenvalue weighted by molar-refractivity contribution is 7.11. The molecule has 0 atom stereocenters. The Morgan fingerprint density at radius 2 is 2.05 bits per heavy atom. The third-order valence-corrected chi connectivity index (χ3v) is 4.89. The van der Waals surface area contributed by atoms with Gasteiger partial charge < -0.3 is 4.57 Å². The first-order chi connectivity index (χ1) is 10.2. The van der Waals surface area contributed by atoms with Gasteiger partial charge in [-0.3, -0.25) is 0 Å². The highest BCUT2D eigenvalue weighted by Crippen LogP contribution is 2.23. The average molecular weight is 323 g/mol. The molecule has 2 aromatic heterocycles. The van der Waals surface area contributed by atoms with Crippen molar-refractivity contribution >= 4 is 34.0 Å². The molecule has 0 aliphatic carbocycles. The molecule has 2 nitrogen and oxygen atoms in total. The van der Waals surface area contributed by atoms with E-state index in [0.29, 0.717) is 17.8 Å². The molecule has 0 aliphatic rings. The summed E-state index contributed by atoms with van der Waals surface area (Å²) >= 11 is 7.69. The minimum Gasteiger partial charge on any atom is -0.323 e. The number of rotatable bonds is 5. The number of hydrogen-bond acceptors (Lipinski definition) is 2. The van der Waals surface area contributed by atoms with Crippen molar-refractivity contribution in [3.8, 4) is 0 Å². The Labute approximate surface area is 132 Å². The van der Waals surface area contributed by atoms with Gasteiger partial charge in [0.05, 0.1) is 17.6 Å². The van der Waals surface area contributed by atoms with Crippen LogP contribution in [0.4, 0.5) is 4.39 Å². The summed E-state index contributed by atoms with van der Waals surface area (Å²) in [6.07, 6.45) is 1.74. The first kappa shape index (κ1) is 14.5. The van der Waals surface area contributed by atoms with Gasteiger partial charge in [0.1, 0.15) is 11.6 Å². The zero-order chi connectivity index (χ0) is 14.8. The molecule has 21 heavy (non-hydrogen) atoms. The monoisotopic (exact) mass is 322 g/mol. The summed E-state index contributed by atoms with van der Waals surface area (Å²) < 4.78 is 15.5. The molecule has 0 N–H and O–H groups in total. The number of thiophene rings is 1. The molecule has 3 rings (SSSR count). The second-order valence-corrected chi connectivity index (χ2v) is 6.54. The summed E-state index contributed by atoms with van der Waals surface area (Å²) in [5.41, 5.74) is 1.66. The van der Waals surface area contributed by atoms with Crippen molar-refractivity contribution in [3.63, 3.8) is 0 Å². The topological polar surface area (TPSA) is 17.8 Å². The lowest BCUT2D eigenvalue weighted by atomic mass is 10.3. The van der Waals surface area contributed by atoms with Gasteiger partial charge in [-0.1, -0.05) is 6.92 Å². The van der Waals surface area contributed by atoms with Crippen LogP contribution in [-0.4, -0.2) is 15.4 Å². The number of imidazole rings is 1. The van der Waals surface area contributed by atoms with Crippen molar-refractivity contribution < 1.29 is 4.39 Å². The minimum atomic E-state index is -0.256. The molecule has 0 saturated carbocycles. The molecule has 0 saturated heterocycles. The number of halogens is 2. The van der Waals surface area contributed by atoms with Crippen LogP contribution in [0, 0.1) is 5.82 Å². The normalized spacial score (nSPS) is 11.4. The lowest BCUT2D eigenvalue weighted by Crippen LogP contribution is -2.04. The van der Waals surface area contributed by atoms with E-state index in [1.54, 1.807) is 6.07 Å². The molecular formula is C16H16ClFN2S. The summed E-state index contributed by atoms with van der Waals surface area (Å²) in [6.45, 7) is 2.92. The maximum Gasteiger partial charge on any atom is 0.125 e. The lowest BCUT2D eigenvalue weighted by Gasteiger charge is -2.07. The summed E-state index contributed by atoms with van der Waals surface area (Å²) in [7, 11) is 0. The molecule has 0 radical (unpaired) electrons. The molecule has 5 heteroatoms. The molecular weight excluding hydrogens is 307 g/mol. The maximum absolute atomic E-state index is 13.4. The third-order valence-electron chi connectivity index (χ3n) is 3.49. The average Bonchev–Trinajstić information content (AvgIpc) is 3.05. The van der Waals surface area contributed by atoms with E-state index in [4.69, 9.17) is 11.6 Å². The fraction of sp³-hybridized carbons (Fsp3) is 0.312. The molecule has 1 aromatic carbocycles. The van der Waals surface area contributed by atoms with Crippen LogP contribution >= 0.6 is 22.9 Å². The lowest BCUT2D eigenvalue weighted by molar-refractivity contribution is 0.629. The number of hydrogen-bond donors (Lipinski definition) is 0. The van der Waals surface area contributed by atoms with E-state index >= 15 is 0 Å². The Hall–Kier alpha value is -1.39. The van der Waals surface area contributed by atoms with Crippen LogP contribution in [0.15, 0.2) is 30.3 Å². The SMILES string of the molecule is CCc1ccc(Cn2c(CCCl)nc3cc(F)ccc32)s1. The van der Waals surface area contributed by atoms with Gasteiger partial charge in [0.25, 0.3) is 0 Å². The second kappa shape index (κ2) is 6.16. The Kier molecular flexibility index (Phi) is 4.27. The zero-order valence-electron chi connectivity index (χ0n) is 11.8. The number of benzene rings is 1. The van der Waals surface area contributed by atoms with Crippen LogP contribution < -0.4 is 0 Å². The molecule has 3 aromatic rings. The fourth-order valence-corrected chi connectivity index (χ4v) is 3.57. The summed E-state index contributed by atoms with van der Waals surface area (Å²) in [5.74, 6) is 1.17. The quantitative estimate of drug-likeness (QED) is 0.626. The Balaban J connectivity index is 2.03. The molecule has 0 fully saturated rings. The standard InChI is InChI=1S/C16H16ClFN2S/c1-2-12-4-5-13(21-12)10-20-15-6-3-11(18)9-14(15)19-16(20)7-8-17/h3-6,9H,2,7-8,10H2,1H3. The number of fused-ring (bicyclic) bond motifs is 1. The van der Waals surface area contributed by atoms with Crippen molar-refractivity contribution in [2.75, 3.05) is 5.88 Å². The van der Waals surface area contributed by atoms with Crippen LogP contribution in [0.5, 0.6) is 0 Å². The number of aryl methyl sites for hydroxylation is 2. The van der Waals surface area contributed by atoms with Gasteiger partial charge >= 0.3 is 0 Å². The molecule has 0 unspecified atom stereocenters. The smallest absolute Gasteiger partial charge is 0.125 e. The summed E-state index contributed by atoms with van der Waals surface area (Å²) in [6, 6.07) is 9.08. The van der Waals surface area contributed by atoms with Crippen LogP contribution in [0.2, 0.25) is 0 Å². The highest BCUT2D eigenvalue weighted by Gasteiger charge is 2.12. The van der Waals surface area contributed by atoms with E-state index in [1.165, 1.54) is 21.9 Å². The Morgan fingerprint density at radius 1 is 1.24 bits per heavy atom. The molecule has 0 amide bonds. The van der Waals surface area contributed by atoms with E-state index in [0.717, 1.165) is 24.3 Å². The second-order valence-electron chi connectivity index (χ2n) is 4.91. The predicted molar refractivity (Wildman–Crippen MR) is 86.9 cm³/mol. The van der Waals surface area contributed by atoms with Crippen molar-refractivity contribution in [2.45, 2.75) is 26.3 Å². The van der Waals surface area contributed by atoms with E-state index < -0.39 is 0 Å².